The molecule has 1 aromatic rings. The summed E-state index contributed by atoms with van der Waals surface area (Å²) in [5.41, 5.74) is 0.415. The minimum absolute atomic E-state index is 0.163. The standard InChI is InChI=1S/C16H20BrNO3/c1-2-3-7-13(14(19)20)18-15(21)16(8-9-16)11-5-4-6-12(17)10-11/h4-6,10,13H,2-3,7-9H2,1H3,(H,18,21)(H,19,20). The number of carboxylic acids is 1. The van der Waals surface area contributed by atoms with E-state index in [9.17, 15) is 14.7 Å². The van der Waals surface area contributed by atoms with Crippen molar-refractivity contribution < 1.29 is 14.7 Å². The van der Waals surface area contributed by atoms with Gasteiger partial charge in [0.2, 0.25) is 5.91 Å². The molecule has 1 unspecified atom stereocenters. The molecule has 1 atom stereocenters. The van der Waals surface area contributed by atoms with Crippen LogP contribution in [0.3, 0.4) is 0 Å². The van der Waals surface area contributed by atoms with Gasteiger partial charge in [0, 0.05) is 4.47 Å². The molecule has 0 radical (unpaired) electrons. The summed E-state index contributed by atoms with van der Waals surface area (Å²) in [6.45, 7) is 2.00. The minimum atomic E-state index is -0.957. The highest BCUT2D eigenvalue weighted by molar-refractivity contribution is 9.10. The van der Waals surface area contributed by atoms with Crippen molar-refractivity contribution in [1.82, 2.24) is 5.32 Å². The molecule has 0 aliphatic heterocycles. The van der Waals surface area contributed by atoms with Crippen LogP contribution < -0.4 is 5.32 Å². The van der Waals surface area contributed by atoms with Gasteiger partial charge in [-0.3, -0.25) is 4.79 Å². The van der Waals surface area contributed by atoms with Crippen LogP contribution in [0.25, 0.3) is 0 Å². The van der Waals surface area contributed by atoms with Gasteiger partial charge in [-0.05, 0) is 37.0 Å². The van der Waals surface area contributed by atoms with Crippen LogP contribution in [0.4, 0.5) is 0 Å². The van der Waals surface area contributed by atoms with Crippen molar-refractivity contribution >= 4 is 27.8 Å². The van der Waals surface area contributed by atoms with E-state index in [1.165, 1.54) is 0 Å². The number of carboxylic acid groups (broad SMARTS) is 1. The average Bonchev–Trinajstić information content (AvgIpc) is 3.24. The molecule has 1 fully saturated rings. The predicted octanol–water partition coefficient (Wildman–Crippen LogP) is 3.24. The SMILES string of the molecule is CCCCC(NC(=O)C1(c2cccc(Br)c2)CC1)C(=O)O. The van der Waals surface area contributed by atoms with E-state index in [1.807, 2.05) is 31.2 Å². The lowest BCUT2D eigenvalue weighted by Crippen LogP contribution is -2.45. The van der Waals surface area contributed by atoms with Gasteiger partial charge < -0.3 is 10.4 Å². The number of amides is 1. The lowest BCUT2D eigenvalue weighted by Gasteiger charge is -2.20. The molecule has 1 aliphatic rings. The van der Waals surface area contributed by atoms with Crippen molar-refractivity contribution in [3.8, 4) is 0 Å². The van der Waals surface area contributed by atoms with Crippen LogP contribution in [-0.2, 0) is 15.0 Å². The number of hydrogen-bond donors (Lipinski definition) is 2. The van der Waals surface area contributed by atoms with Crippen LogP contribution in [0.1, 0.15) is 44.6 Å². The minimum Gasteiger partial charge on any atom is -0.480 e. The third-order valence-electron chi connectivity index (χ3n) is 4.01. The van der Waals surface area contributed by atoms with Crippen molar-refractivity contribution in [3.05, 3.63) is 34.3 Å². The first-order valence-electron chi connectivity index (χ1n) is 7.29. The molecule has 21 heavy (non-hydrogen) atoms. The Morgan fingerprint density at radius 2 is 2.14 bits per heavy atom. The lowest BCUT2D eigenvalue weighted by molar-refractivity contribution is -0.142. The molecule has 0 saturated heterocycles. The van der Waals surface area contributed by atoms with Gasteiger partial charge in [-0.2, -0.15) is 0 Å². The van der Waals surface area contributed by atoms with E-state index >= 15 is 0 Å². The number of halogens is 1. The van der Waals surface area contributed by atoms with Crippen molar-refractivity contribution in [3.63, 3.8) is 0 Å². The number of carbonyl (C=O) groups excluding carboxylic acids is 1. The molecule has 1 amide bonds. The fourth-order valence-electron chi connectivity index (χ4n) is 2.52. The van der Waals surface area contributed by atoms with Crippen molar-refractivity contribution in [2.24, 2.45) is 0 Å². The summed E-state index contributed by atoms with van der Waals surface area (Å²) < 4.78 is 0.930. The van der Waals surface area contributed by atoms with E-state index in [0.29, 0.717) is 6.42 Å². The van der Waals surface area contributed by atoms with Crippen LogP contribution in [0.15, 0.2) is 28.7 Å². The smallest absolute Gasteiger partial charge is 0.326 e. The van der Waals surface area contributed by atoms with Gasteiger partial charge in [0.05, 0.1) is 5.41 Å². The highest BCUT2D eigenvalue weighted by atomic mass is 79.9. The van der Waals surface area contributed by atoms with Crippen molar-refractivity contribution in [1.29, 1.82) is 0 Å². The molecule has 114 valence electrons. The summed E-state index contributed by atoms with van der Waals surface area (Å²) in [4.78, 5) is 23.8. The summed E-state index contributed by atoms with van der Waals surface area (Å²) in [6.07, 6.45) is 3.73. The van der Waals surface area contributed by atoms with Crippen LogP contribution in [0.2, 0.25) is 0 Å². The number of nitrogens with one attached hydrogen (secondary N) is 1. The van der Waals surface area contributed by atoms with Crippen molar-refractivity contribution in [2.75, 3.05) is 0 Å². The lowest BCUT2D eigenvalue weighted by atomic mass is 9.94. The predicted molar refractivity (Wildman–Crippen MR) is 84.1 cm³/mol. The molecule has 4 nitrogen and oxygen atoms in total. The Labute approximate surface area is 133 Å². The summed E-state index contributed by atoms with van der Waals surface area (Å²) in [7, 11) is 0. The second-order valence-corrected chi connectivity index (χ2v) is 6.51. The highest BCUT2D eigenvalue weighted by Gasteiger charge is 2.51. The fourth-order valence-corrected chi connectivity index (χ4v) is 2.92. The van der Waals surface area contributed by atoms with E-state index in [4.69, 9.17) is 0 Å². The zero-order chi connectivity index (χ0) is 15.5. The summed E-state index contributed by atoms with van der Waals surface area (Å²) in [6, 6.07) is 6.90. The number of hydrogen-bond acceptors (Lipinski definition) is 2. The van der Waals surface area contributed by atoms with Crippen LogP contribution in [-0.4, -0.2) is 23.0 Å². The molecule has 2 N–H and O–H groups in total. The van der Waals surface area contributed by atoms with Gasteiger partial charge in [-0.1, -0.05) is 47.8 Å². The largest absolute Gasteiger partial charge is 0.480 e. The van der Waals surface area contributed by atoms with Crippen LogP contribution in [0.5, 0.6) is 0 Å². The first kappa shape index (κ1) is 16.0. The molecule has 1 aliphatic carbocycles. The number of aliphatic carboxylic acids is 1. The summed E-state index contributed by atoms with van der Waals surface area (Å²) in [5.74, 6) is -1.12. The molecule has 0 spiro atoms. The van der Waals surface area contributed by atoms with Crippen LogP contribution in [0, 0.1) is 0 Å². The molecule has 0 aromatic heterocycles. The Hall–Kier alpha value is -1.36. The first-order chi connectivity index (χ1) is 9.99. The Balaban J connectivity index is 2.10. The van der Waals surface area contributed by atoms with Crippen LogP contribution >= 0.6 is 15.9 Å². The first-order valence-corrected chi connectivity index (χ1v) is 8.09. The highest BCUT2D eigenvalue weighted by Crippen LogP contribution is 2.49. The Bertz CT molecular complexity index is 540. The van der Waals surface area contributed by atoms with Gasteiger partial charge in [0.1, 0.15) is 6.04 Å². The monoisotopic (exact) mass is 353 g/mol. The maximum atomic E-state index is 12.5. The van der Waals surface area contributed by atoms with E-state index in [1.54, 1.807) is 0 Å². The number of unbranched alkanes of at least 4 members (excludes halogenated alkanes) is 1. The van der Waals surface area contributed by atoms with Gasteiger partial charge in [-0.25, -0.2) is 4.79 Å². The second kappa shape index (κ2) is 6.60. The summed E-state index contributed by atoms with van der Waals surface area (Å²) in [5, 5.41) is 11.9. The van der Waals surface area contributed by atoms with Gasteiger partial charge in [0.25, 0.3) is 0 Å². The Kier molecular flexibility index (Phi) is 5.04. The van der Waals surface area contributed by atoms with Gasteiger partial charge in [0.15, 0.2) is 0 Å². The zero-order valence-electron chi connectivity index (χ0n) is 12.1. The Morgan fingerprint density at radius 3 is 2.67 bits per heavy atom. The second-order valence-electron chi connectivity index (χ2n) is 5.60. The molecule has 1 aromatic carbocycles. The van der Waals surface area contributed by atoms with Gasteiger partial charge in [-0.15, -0.1) is 0 Å². The van der Waals surface area contributed by atoms with Crippen molar-refractivity contribution in [2.45, 2.75) is 50.5 Å². The Morgan fingerprint density at radius 1 is 1.43 bits per heavy atom. The maximum Gasteiger partial charge on any atom is 0.326 e. The average molecular weight is 354 g/mol. The molecule has 0 bridgehead atoms. The number of carbonyl (C=O) groups is 2. The van der Waals surface area contributed by atoms with E-state index < -0.39 is 17.4 Å². The topological polar surface area (TPSA) is 66.4 Å². The fraction of sp³-hybridized carbons (Fsp3) is 0.500. The molecule has 2 rings (SSSR count). The molecular weight excluding hydrogens is 334 g/mol. The van der Waals surface area contributed by atoms with Gasteiger partial charge >= 0.3 is 5.97 Å². The summed E-state index contributed by atoms with van der Waals surface area (Å²) >= 11 is 3.41. The molecular formula is C16H20BrNO3. The molecule has 1 saturated carbocycles. The third-order valence-corrected chi connectivity index (χ3v) is 4.50. The molecule has 5 heteroatoms. The zero-order valence-corrected chi connectivity index (χ0v) is 13.6. The third kappa shape index (κ3) is 3.64. The van der Waals surface area contributed by atoms with E-state index in [2.05, 4.69) is 21.2 Å². The molecule has 0 heterocycles. The quantitative estimate of drug-likeness (QED) is 0.790. The normalized spacial score (nSPS) is 17.0. The maximum absolute atomic E-state index is 12.5. The number of rotatable bonds is 7. The van der Waals surface area contributed by atoms with E-state index in [-0.39, 0.29) is 5.91 Å². The number of benzene rings is 1. The van der Waals surface area contributed by atoms with E-state index in [0.717, 1.165) is 35.7 Å².